The van der Waals surface area contributed by atoms with Crippen LogP contribution in [-0.2, 0) is 5.60 Å². The van der Waals surface area contributed by atoms with Gasteiger partial charge in [-0.05, 0) is 30.5 Å². The summed E-state index contributed by atoms with van der Waals surface area (Å²) >= 11 is 5.77. The largest absolute Gasteiger partial charge is 0.409 e. The summed E-state index contributed by atoms with van der Waals surface area (Å²) in [5, 5.41) is 22.3. The van der Waals surface area contributed by atoms with Gasteiger partial charge in [0.1, 0.15) is 5.84 Å². The molecule has 0 aliphatic heterocycles. The maximum Gasteiger partial charge on any atom is 0.142 e. The van der Waals surface area contributed by atoms with E-state index in [2.05, 4.69) is 5.16 Å². The summed E-state index contributed by atoms with van der Waals surface area (Å²) in [6, 6.07) is 7.08. The number of oxime groups is 1. The van der Waals surface area contributed by atoms with Crippen LogP contribution in [0.2, 0.25) is 5.02 Å². The molecule has 1 aromatic carbocycles. The summed E-state index contributed by atoms with van der Waals surface area (Å²) in [5.74, 6) is 0.129. The molecule has 0 radical (unpaired) electrons. The van der Waals surface area contributed by atoms with Crippen LogP contribution in [0.5, 0.6) is 0 Å². The van der Waals surface area contributed by atoms with Crippen LogP contribution in [0.3, 0.4) is 0 Å². The zero-order valence-electron chi connectivity index (χ0n) is 8.60. The normalized spacial score (nSPS) is 29.9. The number of hydrogen-bond donors (Lipinski definition) is 3. The molecule has 0 spiro atoms. The van der Waals surface area contributed by atoms with Gasteiger partial charge in [0.2, 0.25) is 0 Å². The highest BCUT2D eigenvalue weighted by Gasteiger charge is 2.45. The lowest BCUT2D eigenvalue weighted by molar-refractivity contribution is -0.0602. The molecule has 1 aliphatic carbocycles. The number of aliphatic hydroxyl groups is 1. The third-order valence-corrected chi connectivity index (χ3v) is 3.34. The Balaban J connectivity index is 2.10. The molecule has 0 aromatic heterocycles. The zero-order chi connectivity index (χ0) is 11.8. The average Bonchev–Trinajstić information content (AvgIpc) is 2.25. The number of hydrogen-bond acceptors (Lipinski definition) is 3. The van der Waals surface area contributed by atoms with Crippen molar-refractivity contribution < 1.29 is 10.3 Å². The van der Waals surface area contributed by atoms with Gasteiger partial charge >= 0.3 is 0 Å². The second-order valence-corrected chi connectivity index (χ2v) is 4.60. The number of rotatable bonds is 2. The van der Waals surface area contributed by atoms with Gasteiger partial charge in [0, 0.05) is 10.9 Å². The Bertz CT molecular complexity index is 410. The van der Waals surface area contributed by atoms with E-state index in [9.17, 15) is 5.11 Å². The molecular weight excluding hydrogens is 228 g/mol. The van der Waals surface area contributed by atoms with Crippen molar-refractivity contribution >= 4 is 17.4 Å². The number of benzene rings is 1. The molecule has 0 bridgehead atoms. The minimum atomic E-state index is -0.870. The lowest BCUT2D eigenvalue weighted by Gasteiger charge is -2.43. The Morgan fingerprint density at radius 2 is 1.94 bits per heavy atom. The fourth-order valence-electron chi connectivity index (χ4n) is 2.04. The van der Waals surface area contributed by atoms with Gasteiger partial charge in [0.25, 0.3) is 0 Å². The Morgan fingerprint density at radius 3 is 2.44 bits per heavy atom. The predicted octanol–water partition coefficient (Wildman–Crippen LogP) is 1.68. The molecule has 0 unspecified atom stereocenters. The lowest BCUT2D eigenvalue weighted by Crippen LogP contribution is -2.46. The van der Waals surface area contributed by atoms with E-state index in [0.29, 0.717) is 17.9 Å². The Kier molecular flexibility index (Phi) is 2.78. The topological polar surface area (TPSA) is 78.8 Å². The Labute approximate surface area is 98.3 Å². The second kappa shape index (κ2) is 3.96. The summed E-state index contributed by atoms with van der Waals surface area (Å²) in [7, 11) is 0. The van der Waals surface area contributed by atoms with E-state index < -0.39 is 5.60 Å². The summed E-state index contributed by atoms with van der Waals surface area (Å²) in [4.78, 5) is 0. The summed E-state index contributed by atoms with van der Waals surface area (Å²) in [6.07, 6.45) is 0.953. The molecule has 0 amide bonds. The van der Waals surface area contributed by atoms with Crippen LogP contribution in [0, 0.1) is 5.92 Å². The van der Waals surface area contributed by atoms with Crippen LogP contribution in [0.25, 0.3) is 0 Å². The second-order valence-electron chi connectivity index (χ2n) is 4.17. The number of nitrogens with two attached hydrogens (primary N) is 1. The van der Waals surface area contributed by atoms with E-state index in [1.165, 1.54) is 0 Å². The molecule has 1 fully saturated rings. The van der Waals surface area contributed by atoms with Crippen molar-refractivity contribution in [3.05, 3.63) is 34.9 Å². The molecule has 4 nitrogen and oxygen atoms in total. The number of nitrogens with zero attached hydrogens (tertiary/aromatic N) is 1. The highest BCUT2D eigenvalue weighted by atomic mass is 35.5. The molecule has 2 rings (SSSR count). The minimum Gasteiger partial charge on any atom is -0.409 e. The maximum atomic E-state index is 10.3. The van der Waals surface area contributed by atoms with Crippen molar-refractivity contribution in [1.82, 2.24) is 0 Å². The van der Waals surface area contributed by atoms with Crippen molar-refractivity contribution in [2.45, 2.75) is 18.4 Å². The average molecular weight is 241 g/mol. The number of halogens is 1. The van der Waals surface area contributed by atoms with Gasteiger partial charge in [-0.2, -0.15) is 0 Å². The minimum absolute atomic E-state index is 0.0503. The summed E-state index contributed by atoms with van der Waals surface area (Å²) in [6.45, 7) is 0. The first-order chi connectivity index (χ1) is 7.55. The SMILES string of the molecule is NC(=NO)C1CC(O)(c2ccc(Cl)cc2)C1. The molecule has 86 valence electrons. The van der Waals surface area contributed by atoms with Crippen LogP contribution in [0.1, 0.15) is 18.4 Å². The molecule has 1 aromatic rings. The van der Waals surface area contributed by atoms with E-state index in [0.717, 1.165) is 5.56 Å². The quantitative estimate of drug-likeness (QED) is 0.319. The van der Waals surface area contributed by atoms with E-state index in [4.69, 9.17) is 22.5 Å². The summed E-state index contributed by atoms with van der Waals surface area (Å²) < 4.78 is 0. The predicted molar refractivity (Wildman–Crippen MR) is 61.5 cm³/mol. The van der Waals surface area contributed by atoms with E-state index in [1.54, 1.807) is 24.3 Å². The van der Waals surface area contributed by atoms with Gasteiger partial charge in [-0.15, -0.1) is 0 Å². The zero-order valence-corrected chi connectivity index (χ0v) is 9.35. The first kappa shape index (κ1) is 11.2. The molecule has 4 N–H and O–H groups in total. The third kappa shape index (κ3) is 1.86. The van der Waals surface area contributed by atoms with Crippen molar-refractivity contribution in [1.29, 1.82) is 0 Å². The highest BCUT2D eigenvalue weighted by molar-refractivity contribution is 6.30. The standard InChI is InChI=1S/C11H13ClN2O2/c12-9-3-1-8(2-4-9)11(15)5-7(6-11)10(13)14-16/h1-4,7,15-16H,5-6H2,(H2,13,14). The van der Waals surface area contributed by atoms with Crippen molar-refractivity contribution in [2.75, 3.05) is 0 Å². The molecule has 0 heterocycles. The van der Waals surface area contributed by atoms with Crippen molar-refractivity contribution in [3.63, 3.8) is 0 Å². The molecule has 1 aliphatic rings. The first-order valence-electron chi connectivity index (χ1n) is 5.01. The molecule has 1 saturated carbocycles. The molecule has 5 heteroatoms. The first-order valence-corrected chi connectivity index (χ1v) is 5.39. The van der Waals surface area contributed by atoms with Crippen molar-refractivity contribution in [2.24, 2.45) is 16.8 Å². The van der Waals surface area contributed by atoms with E-state index in [-0.39, 0.29) is 11.8 Å². The van der Waals surface area contributed by atoms with E-state index in [1.807, 2.05) is 0 Å². The maximum absolute atomic E-state index is 10.3. The van der Waals surface area contributed by atoms with Gasteiger partial charge in [-0.1, -0.05) is 28.9 Å². The van der Waals surface area contributed by atoms with Gasteiger partial charge in [0.05, 0.1) is 5.60 Å². The van der Waals surface area contributed by atoms with Gasteiger partial charge in [-0.3, -0.25) is 0 Å². The van der Waals surface area contributed by atoms with Crippen LogP contribution in [-0.4, -0.2) is 16.1 Å². The molecule has 0 saturated heterocycles. The Hall–Kier alpha value is -1.26. The summed E-state index contributed by atoms with van der Waals surface area (Å²) in [5.41, 5.74) is 5.42. The molecular formula is C11H13ClN2O2. The fourth-order valence-corrected chi connectivity index (χ4v) is 2.17. The van der Waals surface area contributed by atoms with Crippen LogP contribution in [0.4, 0.5) is 0 Å². The van der Waals surface area contributed by atoms with Crippen LogP contribution < -0.4 is 5.73 Å². The van der Waals surface area contributed by atoms with Crippen LogP contribution >= 0.6 is 11.6 Å². The highest BCUT2D eigenvalue weighted by Crippen LogP contribution is 2.45. The van der Waals surface area contributed by atoms with Crippen LogP contribution in [0.15, 0.2) is 29.4 Å². The Morgan fingerprint density at radius 1 is 1.38 bits per heavy atom. The molecule has 0 atom stereocenters. The number of amidine groups is 1. The van der Waals surface area contributed by atoms with Crippen molar-refractivity contribution in [3.8, 4) is 0 Å². The van der Waals surface area contributed by atoms with E-state index >= 15 is 0 Å². The smallest absolute Gasteiger partial charge is 0.142 e. The van der Waals surface area contributed by atoms with Gasteiger partial charge in [-0.25, -0.2) is 0 Å². The molecule has 16 heavy (non-hydrogen) atoms. The fraction of sp³-hybridized carbons (Fsp3) is 0.364. The van der Waals surface area contributed by atoms with Gasteiger partial charge < -0.3 is 16.0 Å². The van der Waals surface area contributed by atoms with Gasteiger partial charge in [0.15, 0.2) is 0 Å². The monoisotopic (exact) mass is 240 g/mol. The third-order valence-electron chi connectivity index (χ3n) is 3.08. The lowest BCUT2D eigenvalue weighted by atomic mass is 9.67.